The van der Waals surface area contributed by atoms with Crippen LogP contribution in [0.3, 0.4) is 0 Å². The molecule has 2 atom stereocenters. The summed E-state index contributed by atoms with van der Waals surface area (Å²) in [5.74, 6) is -0.00521. The van der Waals surface area contributed by atoms with Crippen molar-refractivity contribution in [2.24, 2.45) is 0 Å². The molecule has 0 spiro atoms. The lowest BCUT2D eigenvalue weighted by Crippen LogP contribution is -2.48. The summed E-state index contributed by atoms with van der Waals surface area (Å²) in [4.78, 5) is 60.3. The standard InChI is InChI=1S/C27H50N4O10S2/c1-26(2,3)40-24(37)30-12-7-8-20(31-25(38)41-27(4,5)6)23(36)29-14-17-43-42-16-13-28-21(34)9-10-22(35)39-15-11-19(33)18-32/h19-20,32-33H,7-18H2,1-6H3,(H,28,34)(H,29,36)(H,30,37)(H,31,38)/t19-,20?/m1/s1. The van der Waals surface area contributed by atoms with Crippen LogP contribution in [0.25, 0.3) is 0 Å². The quantitative estimate of drug-likeness (QED) is 0.0482. The van der Waals surface area contributed by atoms with Crippen molar-refractivity contribution in [2.45, 2.75) is 97.0 Å². The molecular formula is C27H50N4O10S2. The third-order valence-corrected chi connectivity index (χ3v) is 7.31. The summed E-state index contributed by atoms with van der Waals surface area (Å²) >= 11 is 0. The normalized spacial score (nSPS) is 12.8. The van der Waals surface area contributed by atoms with Crippen molar-refractivity contribution in [3.8, 4) is 0 Å². The highest BCUT2D eigenvalue weighted by molar-refractivity contribution is 8.76. The topological polar surface area (TPSA) is 202 Å². The molecule has 0 aliphatic heterocycles. The molecule has 1 unspecified atom stereocenters. The van der Waals surface area contributed by atoms with E-state index in [0.717, 1.165) is 0 Å². The van der Waals surface area contributed by atoms with Crippen molar-refractivity contribution in [3.63, 3.8) is 0 Å². The van der Waals surface area contributed by atoms with Gasteiger partial charge in [0.25, 0.3) is 0 Å². The van der Waals surface area contributed by atoms with Crippen molar-refractivity contribution >= 4 is 51.6 Å². The van der Waals surface area contributed by atoms with Gasteiger partial charge in [-0.3, -0.25) is 14.4 Å². The number of aliphatic hydroxyl groups is 2. The Morgan fingerprint density at radius 3 is 1.93 bits per heavy atom. The van der Waals surface area contributed by atoms with Gasteiger partial charge in [0.05, 0.1) is 25.7 Å². The Morgan fingerprint density at radius 2 is 1.35 bits per heavy atom. The largest absolute Gasteiger partial charge is 0.466 e. The zero-order chi connectivity index (χ0) is 32.9. The number of carbonyl (C=O) groups is 5. The number of alkyl carbamates (subject to hydrolysis) is 2. The number of rotatable bonds is 20. The van der Waals surface area contributed by atoms with Gasteiger partial charge in [-0.2, -0.15) is 0 Å². The monoisotopic (exact) mass is 654 g/mol. The van der Waals surface area contributed by atoms with E-state index in [2.05, 4.69) is 21.3 Å². The molecule has 43 heavy (non-hydrogen) atoms. The molecule has 0 bridgehead atoms. The third-order valence-electron chi connectivity index (χ3n) is 4.90. The van der Waals surface area contributed by atoms with Crippen LogP contribution in [0.2, 0.25) is 0 Å². The molecule has 250 valence electrons. The summed E-state index contributed by atoms with van der Waals surface area (Å²) < 4.78 is 15.4. The second-order valence-electron chi connectivity index (χ2n) is 11.4. The minimum absolute atomic E-state index is 0.0131. The van der Waals surface area contributed by atoms with Crippen LogP contribution in [0, 0.1) is 0 Å². The zero-order valence-corrected chi connectivity index (χ0v) is 27.7. The van der Waals surface area contributed by atoms with Gasteiger partial charge in [-0.15, -0.1) is 0 Å². The molecule has 0 saturated carbocycles. The summed E-state index contributed by atoms with van der Waals surface area (Å²) in [7, 11) is 3.01. The van der Waals surface area contributed by atoms with E-state index in [-0.39, 0.29) is 50.6 Å². The maximum atomic E-state index is 12.8. The van der Waals surface area contributed by atoms with Crippen molar-refractivity contribution in [1.29, 1.82) is 0 Å². The molecule has 14 nitrogen and oxygen atoms in total. The van der Waals surface area contributed by atoms with E-state index in [4.69, 9.17) is 19.3 Å². The van der Waals surface area contributed by atoms with Crippen LogP contribution >= 0.6 is 21.6 Å². The molecule has 0 radical (unpaired) electrons. The fraction of sp³-hybridized carbons (Fsp3) is 0.815. The first-order chi connectivity index (χ1) is 20.0. The average Bonchev–Trinajstić information content (AvgIpc) is 2.88. The molecule has 0 aromatic carbocycles. The molecule has 0 aliphatic carbocycles. The molecule has 0 aliphatic rings. The fourth-order valence-electron chi connectivity index (χ4n) is 2.99. The van der Waals surface area contributed by atoms with E-state index in [9.17, 15) is 29.1 Å². The summed E-state index contributed by atoms with van der Waals surface area (Å²) in [5, 5.41) is 28.6. The molecular weight excluding hydrogens is 604 g/mol. The van der Waals surface area contributed by atoms with Crippen molar-refractivity contribution < 1.29 is 48.4 Å². The van der Waals surface area contributed by atoms with Crippen LogP contribution in [-0.4, -0.2) is 108 Å². The number of ether oxygens (including phenoxy) is 3. The lowest BCUT2D eigenvalue weighted by Gasteiger charge is -2.23. The Hall–Kier alpha value is -2.43. The van der Waals surface area contributed by atoms with Crippen LogP contribution < -0.4 is 21.3 Å². The van der Waals surface area contributed by atoms with E-state index in [0.29, 0.717) is 31.0 Å². The Labute approximate surface area is 262 Å². The van der Waals surface area contributed by atoms with Gasteiger partial charge in [0.1, 0.15) is 17.2 Å². The SMILES string of the molecule is CC(C)(C)OC(=O)NCCCC(NC(=O)OC(C)(C)C)C(=O)NCCSSCCNC(=O)CCC(=O)OCC[C@@H](O)CO. The van der Waals surface area contributed by atoms with E-state index >= 15 is 0 Å². The first-order valence-electron chi connectivity index (χ1n) is 14.2. The summed E-state index contributed by atoms with van der Waals surface area (Å²) in [5.41, 5.74) is -1.35. The first kappa shape index (κ1) is 40.6. The highest BCUT2D eigenvalue weighted by atomic mass is 33.1. The second-order valence-corrected chi connectivity index (χ2v) is 14.1. The number of esters is 1. The Kier molecular flexibility index (Phi) is 20.9. The molecule has 6 N–H and O–H groups in total. The van der Waals surface area contributed by atoms with Crippen LogP contribution in [0.1, 0.15) is 73.6 Å². The van der Waals surface area contributed by atoms with E-state index in [1.54, 1.807) is 41.5 Å². The Balaban J connectivity index is 4.28. The predicted molar refractivity (Wildman–Crippen MR) is 165 cm³/mol. The van der Waals surface area contributed by atoms with Crippen LogP contribution in [0.15, 0.2) is 0 Å². The maximum absolute atomic E-state index is 12.8. The van der Waals surface area contributed by atoms with Gasteiger partial charge in [0.15, 0.2) is 0 Å². The van der Waals surface area contributed by atoms with Crippen molar-refractivity contribution in [2.75, 3.05) is 44.4 Å². The highest BCUT2D eigenvalue weighted by Crippen LogP contribution is 2.19. The molecule has 0 heterocycles. The number of hydrogen-bond acceptors (Lipinski definition) is 12. The number of nitrogens with one attached hydrogen (secondary N) is 4. The van der Waals surface area contributed by atoms with Gasteiger partial charge >= 0.3 is 18.2 Å². The van der Waals surface area contributed by atoms with Crippen molar-refractivity contribution in [3.05, 3.63) is 0 Å². The number of amides is 4. The van der Waals surface area contributed by atoms with Gasteiger partial charge in [0.2, 0.25) is 11.8 Å². The molecule has 0 aromatic heterocycles. The molecule has 0 rings (SSSR count). The number of carbonyl (C=O) groups excluding carboxylic acids is 5. The molecule has 0 saturated heterocycles. The minimum atomic E-state index is -0.938. The smallest absolute Gasteiger partial charge is 0.408 e. The van der Waals surface area contributed by atoms with Crippen molar-refractivity contribution in [1.82, 2.24) is 21.3 Å². The van der Waals surface area contributed by atoms with Gasteiger partial charge in [-0.05, 0) is 54.4 Å². The Bertz CT molecular complexity index is 866. The molecule has 0 aromatic rings. The van der Waals surface area contributed by atoms with Crippen LogP contribution in [-0.2, 0) is 28.6 Å². The molecule has 0 fully saturated rings. The second kappa shape index (κ2) is 22.1. The minimum Gasteiger partial charge on any atom is -0.466 e. The van der Waals surface area contributed by atoms with E-state index < -0.39 is 48.1 Å². The third kappa shape index (κ3) is 25.8. The van der Waals surface area contributed by atoms with Crippen LogP contribution in [0.4, 0.5) is 9.59 Å². The van der Waals surface area contributed by atoms with Gasteiger partial charge < -0.3 is 45.7 Å². The van der Waals surface area contributed by atoms with Gasteiger partial charge in [0, 0.05) is 44.0 Å². The summed E-state index contributed by atoms with van der Waals surface area (Å²) in [6, 6.07) is -0.854. The van der Waals surface area contributed by atoms with Gasteiger partial charge in [-0.1, -0.05) is 21.6 Å². The lowest BCUT2D eigenvalue weighted by atomic mass is 10.1. The Morgan fingerprint density at radius 1 is 0.767 bits per heavy atom. The fourth-order valence-corrected chi connectivity index (χ4v) is 4.81. The van der Waals surface area contributed by atoms with E-state index in [1.807, 2.05) is 0 Å². The summed E-state index contributed by atoms with van der Waals surface area (Å²) in [6.07, 6.45) is -1.48. The lowest BCUT2D eigenvalue weighted by molar-refractivity contribution is -0.145. The number of aliphatic hydroxyl groups excluding tert-OH is 2. The van der Waals surface area contributed by atoms with Gasteiger partial charge in [-0.25, -0.2) is 9.59 Å². The first-order valence-corrected chi connectivity index (χ1v) is 16.7. The predicted octanol–water partition coefficient (Wildman–Crippen LogP) is 1.87. The number of hydrogen-bond donors (Lipinski definition) is 6. The average molecular weight is 655 g/mol. The highest BCUT2D eigenvalue weighted by Gasteiger charge is 2.24. The molecule has 4 amide bonds. The van der Waals surface area contributed by atoms with E-state index in [1.165, 1.54) is 21.6 Å². The zero-order valence-electron chi connectivity index (χ0n) is 26.1. The van der Waals surface area contributed by atoms with Crippen LogP contribution in [0.5, 0.6) is 0 Å². The molecule has 16 heteroatoms. The maximum Gasteiger partial charge on any atom is 0.408 e. The summed E-state index contributed by atoms with van der Waals surface area (Å²) in [6.45, 7) is 11.0.